The molecule has 1 aliphatic carbocycles. The van der Waals surface area contributed by atoms with Gasteiger partial charge in [0.25, 0.3) is 0 Å². The summed E-state index contributed by atoms with van der Waals surface area (Å²) < 4.78 is 16.7. The van der Waals surface area contributed by atoms with Gasteiger partial charge in [0.05, 0.1) is 5.75 Å². The molecule has 9 nitrogen and oxygen atoms in total. The van der Waals surface area contributed by atoms with Crippen molar-refractivity contribution in [3.05, 3.63) is 58.6 Å². The maximum Gasteiger partial charge on any atom is 0.352 e. The van der Waals surface area contributed by atoms with Crippen molar-refractivity contribution in [2.75, 3.05) is 5.32 Å². The lowest BCUT2D eigenvalue weighted by Gasteiger charge is -2.13. The van der Waals surface area contributed by atoms with Gasteiger partial charge in [-0.05, 0) is 31.9 Å². The van der Waals surface area contributed by atoms with Crippen molar-refractivity contribution < 1.29 is 23.5 Å². The second kappa shape index (κ2) is 9.96. The van der Waals surface area contributed by atoms with Gasteiger partial charge < -0.3 is 19.2 Å². The zero-order valence-corrected chi connectivity index (χ0v) is 18.6. The first-order chi connectivity index (χ1) is 15.5. The highest BCUT2D eigenvalue weighted by Gasteiger charge is 2.30. The molecule has 0 saturated heterocycles. The van der Waals surface area contributed by atoms with Crippen LogP contribution in [-0.4, -0.2) is 28.2 Å². The minimum Gasteiger partial charge on any atom is -0.479 e. The summed E-state index contributed by atoms with van der Waals surface area (Å²) in [6.07, 6.45) is 2.02. The first kappa shape index (κ1) is 22.0. The van der Waals surface area contributed by atoms with E-state index in [0.29, 0.717) is 26.7 Å². The van der Waals surface area contributed by atoms with E-state index in [2.05, 4.69) is 15.5 Å². The van der Waals surface area contributed by atoms with Crippen LogP contribution in [0.5, 0.6) is 11.5 Å². The fourth-order valence-corrected chi connectivity index (χ4v) is 4.18. The molecule has 0 radical (unpaired) electrons. The Bertz CT molecular complexity index is 1160. The summed E-state index contributed by atoms with van der Waals surface area (Å²) in [7, 11) is 0. The Labute approximate surface area is 191 Å². The quantitative estimate of drug-likeness (QED) is 0.283. The van der Waals surface area contributed by atoms with Gasteiger partial charge in [-0.2, -0.15) is 0 Å². The SMILES string of the molecule is C[C@@H](Oc1ccccc1)C(=O)Oc1coc(CSc2nnc(NC(=O)C3CC3)s2)cc1=O. The van der Waals surface area contributed by atoms with Crippen molar-refractivity contribution in [1.82, 2.24) is 10.2 Å². The molecule has 166 valence electrons. The predicted octanol–water partition coefficient (Wildman–Crippen LogP) is 3.51. The molecule has 2 aromatic heterocycles. The third-order valence-corrected chi connectivity index (χ3v) is 6.37. The zero-order valence-electron chi connectivity index (χ0n) is 17.0. The zero-order chi connectivity index (χ0) is 22.5. The lowest BCUT2D eigenvalue weighted by atomic mass is 10.3. The van der Waals surface area contributed by atoms with Gasteiger partial charge >= 0.3 is 5.97 Å². The van der Waals surface area contributed by atoms with Gasteiger partial charge in [0.15, 0.2) is 10.4 Å². The molecule has 11 heteroatoms. The summed E-state index contributed by atoms with van der Waals surface area (Å²) in [6, 6.07) is 10.1. The highest BCUT2D eigenvalue weighted by Crippen LogP contribution is 2.32. The third-order valence-electron chi connectivity index (χ3n) is 4.37. The minimum atomic E-state index is -0.904. The van der Waals surface area contributed by atoms with E-state index in [4.69, 9.17) is 13.9 Å². The van der Waals surface area contributed by atoms with Crippen LogP contribution in [0.15, 0.2) is 56.2 Å². The number of nitrogens with one attached hydrogen (secondary N) is 1. The molecule has 3 aromatic rings. The van der Waals surface area contributed by atoms with E-state index < -0.39 is 17.5 Å². The fourth-order valence-electron chi connectivity index (χ4n) is 2.54. The number of benzene rings is 1. The Kier molecular flexibility index (Phi) is 6.86. The number of hydrogen-bond acceptors (Lipinski definition) is 10. The van der Waals surface area contributed by atoms with Crippen molar-refractivity contribution in [2.45, 2.75) is 36.0 Å². The van der Waals surface area contributed by atoms with Gasteiger partial charge in [-0.15, -0.1) is 10.2 Å². The predicted molar refractivity (Wildman–Crippen MR) is 118 cm³/mol. The van der Waals surface area contributed by atoms with Gasteiger partial charge in [0.1, 0.15) is 17.8 Å². The van der Waals surface area contributed by atoms with Crippen LogP contribution in [0, 0.1) is 5.92 Å². The molecule has 1 amide bonds. The van der Waals surface area contributed by atoms with Gasteiger partial charge in [0, 0.05) is 12.0 Å². The number of para-hydroxylation sites is 1. The second-order valence-corrected chi connectivity index (χ2v) is 9.19. The summed E-state index contributed by atoms with van der Waals surface area (Å²) in [6.45, 7) is 1.53. The minimum absolute atomic E-state index is 0.0303. The molecule has 0 aliphatic heterocycles. The molecular formula is C21H19N3O6S2. The van der Waals surface area contributed by atoms with Gasteiger partial charge in [-0.1, -0.05) is 41.3 Å². The average Bonchev–Trinajstić information content (AvgIpc) is 3.55. The molecule has 0 spiro atoms. The van der Waals surface area contributed by atoms with Crippen LogP contribution in [0.4, 0.5) is 5.13 Å². The topological polar surface area (TPSA) is 121 Å². The van der Waals surface area contributed by atoms with Crippen molar-refractivity contribution in [3.8, 4) is 11.5 Å². The molecular weight excluding hydrogens is 454 g/mol. The molecule has 0 bridgehead atoms. The highest BCUT2D eigenvalue weighted by molar-refractivity contribution is 8.00. The van der Waals surface area contributed by atoms with Crippen LogP contribution < -0.4 is 20.2 Å². The molecule has 1 aliphatic rings. The van der Waals surface area contributed by atoms with E-state index in [-0.39, 0.29) is 17.6 Å². The number of carbonyl (C=O) groups excluding carboxylic acids is 2. The number of ether oxygens (including phenoxy) is 2. The van der Waals surface area contributed by atoms with Gasteiger partial charge in [-0.25, -0.2) is 4.79 Å². The number of carbonyl (C=O) groups is 2. The molecule has 2 heterocycles. The highest BCUT2D eigenvalue weighted by atomic mass is 32.2. The second-order valence-electron chi connectivity index (χ2n) is 6.99. The first-order valence-corrected chi connectivity index (χ1v) is 11.6. The molecule has 1 N–H and O–H groups in total. The Morgan fingerprint density at radius 1 is 1.28 bits per heavy atom. The Morgan fingerprint density at radius 2 is 2.06 bits per heavy atom. The van der Waals surface area contributed by atoms with Crippen LogP contribution in [0.25, 0.3) is 0 Å². The summed E-state index contributed by atoms with van der Waals surface area (Å²) in [5.74, 6) is 0.353. The Balaban J connectivity index is 1.29. The van der Waals surface area contributed by atoms with E-state index in [1.165, 1.54) is 36.1 Å². The van der Waals surface area contributed by atoms with E-state index in [0.717, 1.165) is 19.1 Å². The van der Waals surface area contributed by atoms with Crippen LogP contribution in [-0.2, 0) is 15.3 Å². The van der Waals surface area contributed by atoms with Crippen LogP contribution in [0.3, 0.4) is 0 Å². The molecule has 1 fully saturated rings. The van der Waals surface area contributed by atoms with Crippen LogP contribution >= 0.6 is 23.1 Å². The molecule has 32 heavy (non-hydrogen) atoms. The first-order valence-electron chi connectivity index (χ1n) is 9.80. The van der Waals surface area contributed by atoms with Gasteiger partial charge in [0.2, 0.25) is 22.2 Å². The third kappa shape index (κ3) is 5.95. The summed E-state index contributed by atoms with van der Waals surface area (Å²) in [4.78, 5) is 36.3. The van der Waals surface area contributed by atoms with Crippen molar-refractivity contribution in [3.63, 3.8) is 0 Å². The number of nitrogens with zero attached hydrogens (tertiary/aromatic N) is 2. The fraction of sp³-hybridized carbons (Fsp3) is 0.286. The molecule has 0 unspecified atom stereocenters. The maximum absolute atomic E-state index is 12.3. The van der Waals surface area contributed by atoms with E-state index in [1.54, 1.807) is 24.3 Å². The van der Waals surface area contributed by atoms with Crippen molar-refractivity contribution in [2.24, 2.45) is 5.92 Å². The Morgan fingerprint density at radius 3 is 2.78 bits per heavy atom. The lowest BCUT2D eigenvalue weighted by Crippen LogP contribution is -2.29. The number of thioether (sulfide) groups is 1. The molecule has 1 aromatic carbocycles. The largest absolute Gasteiger partial charge is 0.479 e. The van der Waals surface area contributed by atoms with Gasteiger partial charge in [-0.3, -0.25) is 9.59 Å². The normalized spacial score (nSPS) is 13.9. The smallest absolute Gasteiger partial charge is 0.352 e. The number of aromatic nitrogens is 2. The average molecular weight is 474 g/mol. The van der Waals surface area contributed by atoms with Crippen LogP contribution in [0.2, 0.25) is 0 Å². The number of rotatable bonds is 9. The number of hydrogen-bond donors (Lipinski definition) is 1. The standard InChI is InChI=1S/C21H19N3O6S2/c1-12(29-14-5-3-2-4-6-14)19(27)30-17-10-28-15(9-16(17)25)11-31-21-24-23-20(32-21)22-18(26)13-7-8-13/h2-6,9-10,12-13H,7-8,11H2,1H3,(H,22,23,26)/t12-/m1/s1. The van der Waals surface area contributed by atoms with Crippen molar-refractivity contribution >= 4 is 40.1 Å². The van der Waals surface area contributed by atoms with E-state index in [9.17, 15) is 14.4 Å². The number of anilines is 1. The molecule has 1 atom stereocenters. The molecule has 1 saturated carbocycles. The van der Waals surface area contributed by atoms with E-state index >= 15 is 0 Å². The van der Waals surface area contributed by atoms with Crippen molar-refractivity contribution in [1.29, 1.82) is 0 Å². The lowest BCUT2D eigenvalue weighted by molar-refractivity contribution is -0.141. The molecule has 4 rings (SSSR count). The number of amides is 1. The van der Waals surface area contributed by atoms with E-state index in [1.807, 2.05) is 6.07 Å². The van der Waals surface area contributed by atoms with Crippen LogP contribution in [0.1, 0.15) is 25.5 Å². The monoisotopic (exact) mass is 473 g/mol. The summed E-state index contributed by atoms with van der Waals surface area (Å²) in [5, 5.41) is 11.1. The number of esters is 1. The summed E-state index contributed by atoms with van der Waals surface area (Å²) >= 11 is 2.56. The Hall–Kier alpha value is -3.18. The summed E-state index contributed by atoms with van der Waals surface area (Å²) in [5.41, 5.74) is -0.484. The maximum atomic E-state index is 12.3.